The average Bonchev–Trinajstić information content (AvgIpc) is 2.39. The molecule has 0 aromatic heterocycles. The predicted octanol–water partition coefficient (Wildman–Crippen LogP) is 3.78. The van der Waals surface area contributed by atoms with Gasteiger partial charge in [0, 0.05) is 0 Å². The fourth-order valence-electron chi connectivity index (χ4n) is 2.76. The van der Waals surface area contributed by atoms with Gasteiger partial charge in [0.05, 0.1) is 0 Å². The summed E-state index contributed by atoms with van der Waals surface area (Å²) in [7, 11) is 0. The molecule has 0 saturated heterocycles. The van der Waals surface area contributed by atoms with E-state index in [1.54, 1.807) is 6.07 Å². The third-order valence-corrected chi connectivity index (χ3v) is 4.10. The van der Waals surface area contributed by atoms with Crippen molar-refractivity contribution < 1.29 is 4.39 Å². The highest BCUT2D eigenvalue weighted by atomic mass is 19.1. The van der Waals surface area contributed by atoms with E-state index in [1.807, 2.05) is 12.1 Å². The Morgan fingerprint density at radius 1 is 1.17 bits per heavy atom. The molecule has 1 aromatic carbocycles. The Labute approximate surface area is 110 Å². The van der Waals surface area contributed by atoms with E-state index in [4.69, 9.17) is 0 Å². The third kappa shape index (κ3) is 4.09. The summed E-state index contributed by atoms with van der Waals surface area (Å²) in [6.07, 6.45) is 6.25. The van der Waals surface area contributed by atoms with E-state index < -0.39 is 0 Å². The lowest BCUT2D eigenvalue weighted by atomic mass is 9.83. The Bertz CT molecular complexity index is 356. The van der Waals surface area contributed by atoms with Crippen LogP contribution < -0.4 is 5.32 Å². The van der Waals surface area contributed by atoms with Crippen LogP contribution in [0.3, 0.4) is 0 Å². The first kappa shape index (κ1) is 13.5. The van der Waals surface area contributed by atoms with Gasteiger partial charge >= 0.3 is 0 Å². The van der Waals surface area contributed by atoms with Crippen molar-refractivity contribution in [2.24, 2.45) is 11.8 Å². The number of hydrogen-bond acceptors (Lipinski definition) is 1. The number of hydrogen-bond donors (Lipinski definition) is 1. The highest BCUT2D eigenvalue weighted by Crippen LogP contribution is 2.27. The van der Waals surface area contributed by atoms with Crippen molar-refractivity contribution in [1.82, 2.24) is 5.32 Å². The molecule has 2 heteroatoms. The Balaban J connectivity index is 1.63. The van der Waals surface area contributed by atoms with Gasteiger partial charge in [-0.2, -0.15) is 0 Å². The van der Waals surface area contributed by atoms with E-state index in [1.165, 1.54) is 31.7 Å². The molecule has 2 rings (SSSR count). The highest BCUT2D eigenvalue weighted by Gasteiger charge is 2.17. The maximum Gasteiger partial charge on any atom is 0.126 e. The van der Waals surface area contributed by atoms with E-state index in [-0.39, 0.29) is 5.82 Å². The second-order valence-corrected chi connectivity index (χ2v) is 5.67. The lowest BCUT2D eigenvalue weighted by molar-refractivity contribution is 0.282. The monoisotopic (exact) mass is 249 g/mol. The summed E-state index contributed by atoms with van der Waals surface area (Å²) < 4.78 is 13.4. The molecule has 18 heavy (non-hydrogen) atoms. The molecule has 1 N–H and O–H groups in total. The minimum atomic E-state index is -0.0780. The SMILES string of the molecule is CC1CCC(CNCCc2ccccc2F)CC1. The molecular formula is C16H24FN. The summed E-state index contributed by atoms with van der Waals surface area (Å²) in [5.41, 5.74) is 0.822. The van der Waals surface area contributed by atoms with Gasteiger partial charge in [-0.15, -0.1) is 0 Å². The van der Waals surface area contributed by atoms with Crippen LogP contribution in [-0.2, 0) is 6.42 Å². The molecule has 1 aromatic rings. The molecule has 1 fully saturated rings. The minimum absolute atomic E-state index is 0.0780. The van der Waals surface area contributed by atoms with Gasteiger partial charge in [0.25, 0.3) is 0 Å². The van der Waals surface area contributed by atoms with Crippen molar-refractivity contribution in [1.29, 1.82) is 0 Å². The highest BCUT2D eigenvalue weighted by molar-refractivity contribution is 5.17. The summed E-state index contributed by atoms with van der Waals surface area (Å²) in [6, 6.07) is 7.06. The summed E-state index contributed by atoms with van der Waals surface area (Å²) >= 11 is 0. The van der Waals surface area contributed by atoms with Crippen molar-refractivity contribution in [2.45, 2.75) is 39.0 Å². The zero-order valence-electron chi connectivity index (χ0n) is 11.3. The van der Waals surface area contributed by atoms with Crippen LogP contribution in [0.5, 0.6) is 0 Å². The van der Waals surface area contributed by atoms with E-state index in [2.05, 4.69) is 12.2 Å². The molecule has 0 aliphatic heterocycles. The van der Waals surface area contributed by atoms with Gasteiger partial charge in [0.15, 0.2) is 0 Å². The molecule has 1 aliphatic rings. The van der Waals surface area contributed by atoms with Gasteiger partial charge < -0.3 is 5.32 Å². The van der Waals surface area contributed by atoms with Crippen LogP contribution >= 0.6 is 0 Å². The topological polar surface area (TPSA) is 12.0 Å². The fraction of sp³-hybridized carbons (Fsp3) is 0.625. The Morgan fingerprint density at radius 3 is 2.61 bits per heavy atom. The van der Waals surface area contributed by atoms with Gasteiger partial charge in [-0.1, -0.05) is 38.0 Å². The minimum Gasteiger partial charge on any atom is -0.316 e. The second kappa shape index (κ2) is 6.89. The standard InChI is InChI=1S/C16H24FN/c1-13-6-8-14(9-7-13)12-18-11-10-15-4-2-3-5-16(15)17/h2-5,13-14,18H,6-12H2,1H3. The number of rotatable bonds is 5. The average molecular weight is 249 g/mol. The van der Waals surface area contributed by atoms with Crippen LogP contribution in [0.15, 0.2) is 24.3 Å². The fourth-order valence-corrected chi connectivity index (χ4v) is 2.76. The number of nitrogens with one attached hydrogen (secondary N) is 1. The third-order valence-electron chi connectivity index (χ3n) is 4.10. The number of halogens is 1. The summed E-state index contributed by atoms with van der Waals surface area (Å²) in [4.78, 5) is 0. The van der Waals surface area contributed by atoms with Crippen molar-refractivity contribution in [3.63, 3.8) is 0 Å². The molecule has 0 atom stereocenters. The summed E-state index contributed by atoms with van der Waals surface area (Å²) in [5.74, 6) is 1.67. The van der Waals surface area contributed by atoms with E-state index in [9.17, 15) is 4.39 Å². The molecule has 0 amide bonds. The lowest BCUT2D eigenvalue weighted by Crippen LogP contribution is -2.27. The number of benzene rings is 1. The van der Waals surface area contributed by atoms with Gasteiger partial charge in [-0.05, 0) is 55.8 Å². The van der Waals surface area contributed by atoms with Crippen molar-refractivity contribution in [2.75, 3.05) is 13.1 Å². The molecule has 0 unspecified atom stereocenters. The maximum atomic E-state index is 13.4. The first-order valence-electron chi connectivity index (χ1n) is 7.20. The van der Waals surface area contributed by atoms with Crippen LogP contribution in [0.1, 0.15) is 38.2 Å². The van der Waals surface area contributed by atoms with E-state index >= 15 is 0 Å². The van der Waals surface area contributed by atoms with Crippen molar-refractivity contribution in [3.8, 4) is 0 Å². The Kier molecular flexibility index (Phi) is 5.18. The normalized spacial score (nSPS) is 24.1. The van der Waals surface area contributed by atoms with Crippen LogP contribution in [0.2, 0.25) is 0 Å². The zero-order valence-corrected chi connectivity index (χ0v) is 11.3. The smallest absolute Gasteiger partial charge is 0.126 e. The van der Waals surface area contributed by atoms with E-state index in [0.717, 1.165) is 36.9 Å². The summed E-state index contributed by atoms with van der Waals surface area (Å²) in [5, 5.41) is 3.48. The van der Waals surface area contributed by atoms with Crippen LogP contribution in [0, 0.1) is 17.7 Å². The van der Waals surface area contributed by atoms with Gasteiger partial charge in [0.2, 0.25) is 0 Å². The van der Waals surface area contributed by atoms with Crippen LogP contribution in [0.4, 0.5) is 4.39 Å². The molecule has 0 heterocycles. The van der Waals surface area contributed by atoms with E-state index in [0.29, 0.717) is 0 Å². The molecule has 0 spiro atoms. The first-order chi connectivity index (χ1) is 8.75. The molecule has 100 valence electrons. The maximum absolute atomic E-state index is 13.4. The molecule has 0 bridgehead atoms. The zero-order chi connectivity index (χ0) is 12.8. The largest absolute Gasteiger partial charge is 0.316 e. The predicted molar refractivity (Wildman–Crippen MR) is 74.1 cm³/mol. The molecule has 1 aliphatic carbocycles. The first-order valence-corrected chi connectivity index (χ1v) is 7.20. The Morgan fingerprint density at radius 2 is 1.89 bits per heavy atom. The second-order valence-electron chi connectivity index (χ2n) is 5.67. The summed E-state index contributed by atoms with van der Waals surface area (Å²) in [6.45, 7) is 4.33. The molecule has 1 saturated carbocycles. The Hall–Kier alpha value is -0.890. The van der Waals surface area contributed by atoms with Crippen LogP contribution in [0.25, 0.3) is 0 Å². The van der Waals surface area contributed by atoms with Gasteiger partial charge in [-0.3, -0.25) is 0 Å². The molecule has 0 radical (unpaired) electrons. The van der Waals surface area contributed by atoms with Crippen LogP contribution in [-0.4, -0.2) is 13.1 Å². The molecule has 1 nitrogen and oxygen atoms in total. The quantitative estimate of drug-likeness (QED) is 0.783. The lowest BCUT2D eigenvalue weighted by Gasteiger charge is -2.26. The van der Waals surface area contributed by atoms with Gasteiger partial charge in [-0.25, -0.2) is 4.39 Å². The van der Waals surface area contributed by atoms with Crippen molar-refractivity contribution in [3.05, 3.63) is 35.6 Å². The van der Waals surface area contributed by atoms with Crippen molar-refractivity contribution >= 4 is 0 Å². The van der Waals surface area contributed by atoms with Gasteiger partial charge in [0.1, 0.15) is 5.82 Å². The molecular weight excluding hydrogens is 225 g/mol.